The number of carbonyl (C=O) groups excluding carboxylic acids is 3. The van der Waals surface area contributed by atoms with E-state index >= 15 is 0 Å². The quantitative estimate of drug-likeness (QED) is 0.0678. The van der Waals surface area contributed by atoms with Gasteiger partial charge >= 0.3 is 5.97 Å². The molecule has 0 aliphatic carbocycles. The topological polar surface area (TPSA) is 213 Å². The molecule has 15 nitrogen and oxygen atoms in total. The number of carboxylic acid groups (broad SMARTS) is 1. The molecule has 2 aromatic heterocycles. The number of ether oxygens (including phenoxy) is 2. The second-order valence-corrected chi connectivity index (χ2v) is 17.5. The molecule has 2 saturated heterocycles. The summed E-state index contributed by atoms with van der Waals surface area (Å²) in [6.45, 7) is 10.2. The number of aryl methyl sites for hydroxylation is 2. The zero-order valence-corrected chi connectivity index (χ0v) is 39.4. The van der Waals surface area contributed by atoms with Crippen molar-refractivity contribution in [1.29, 1.82) is 0 Å². The fraction of sp³-hybridized carbons (Fsp3) is 0.320. The Morgan fingerprint density at radius 2 is 1.21 bits per heavy atom. The van der Waals surface area contributed by atoms with Crippen LogP contribution in [0, 0.1) is 13.8 Å². The van der Waals surface area contributed by atoms with Crippen molar-refractivity contribution in [2.24, 2.45) is 0 Å². The van der Waals surface area contributed by atoms with E-state index in [1.54, 1.807) is 59.1 Å². The van der Waals surface area contributed by atoms with Crippen LogP contribution in [0.1, 0.15) is 69.9 Å². The number of aliphatic hydroxyl groups is 2. The molecule has 2 fully saturated rings. The number of carbonyl (C=O) groups is 4. The fourth-order valence-corrected chi connectivity index (χ4v) is 9.09. The van der Waals surface area contributed by atoms with Crippen LogP contribution in [-0.2, 0) is 22.7 Å². The van der Waals surface area contributed by atoms with Crippen LogP contribution in [0.2, 0.25) is 0 Å². The largest absolute Gasteiger partial charge is 0.494 e. The summed E-state index contributed by atoms with van der Waals surface area (Å²) in [6.07, 6.45) is -0.457. The number of amides is 3. The Balaban J connectivity index is 0.000000186. The summed E-state index contributed by atoms with van der Waals surface area (Å²) >= 11 is 3.23. The van der Waals surface area contributed by atoms with E-state index in [2.05, 4.69) is 38.1 Å². The van der Waals surface area contributed by atoms with Gasteiger partial charge in [0, 0.05) is 38.2 Å². The standard InChI is InChI=1S/C25H27N3O4S.C16H19N3O2S.C9H10O3/c1-3-32-21-6-4-5-19(11-21)25(31)28-14-20(29)12-22(28)24(30)26-13-17-7-9-18(10-8-17)23-16(2)27-15-33-23;1-10-15(22-9-19-10)12-4-2-11(3-5-12)7-18-16(21)14-6-13(20)8-17-14;1-2-12-8-5-3-4-7(6-8)9(10)11/h4-11,15,20,22,29H,3,12-14H2,1-2H3,(H,26,30);2-5,9,13-14,17,20H,6-8H2,1H3,(H,18,21);3-6H,2H2,1H3,(H,10,11)/t20-,22+;13-,14+;/m11./s1. The van der Waals surface area contributed by atoms with E-state index < -0.39 is 24.2 Å². The van der Waals surface area contributed by atoms with Gasteiger partial charge in [-0.15, -0.1) is 22.7 Å². The van der Waals surface area contributed by atoms with Crippen molar-refractivity contribution >= 4 is 46.4 Å². The zero-order valence-electron chi connectivity index (χ0n) is 37.8. The highest BCUT2D eigenvalue weighted by molar-refractivity contribution is 7.13. The van der Waals surface area contributed by atoms with Crippen LogP contribution in [0.5, 0.6) is 11.5 Å². The third kappa shape index (κ3) is 14.0. The van der Waals surface area contributed by atoms with Crippen molar-refractivity contribution < 1.29 is 44.0 Å². The summed E-state index contributed by atoms with van der Waals surface area (Å²) in [6, 6.07) is 28.4. The minimum Gasteiger partial charge on any atom is -0.494 e. The molecule has 6 aromatic rings. The molecule has 17 heteroatoms. The molecule has 352 valence electrons. The maximum absolute atomic E-state index is 13.1. The average Bonchev–Trinajstić information content (AvgIpc) is 4.16. The molecule has 0 bridgehead atoms. The van der Waals surface area contributed by atoms with E-state index in [1.807, 2.05) is 75.1 Å². The van der Waals surface area contributed by atoms with Crippen molar-refractivity contribution in [3.8, 4) is 32.4 Å². The fourth-order valence-electron chi connectivity index (χ4n) is 7.47. The average molecular weight is 949 g/mol. The highest BCUT2D eigenvalue weighted by atomic mass is 32.1. The smallest absolute Gasteiger partial charge is 0.335 e. The first-order chi connectivity index (χ1) is 32.3. The van der Waals surface area contributed by atoms with Crippen LogP contribution in [-0.4, -0.2) is 104 Å². The van der Waals surface area contributed by atoms with Crippen molar-refractivity contribution in [3.63, 3.8) is 0 Å². The molecule has 0 radical (unpaired) electrons. The zero-order chi connectivity index (χ0) is 47.9. The third-order valence-corrected chi connectivity index (χ3v) is 12.9. The Kier molecular flexibility index (Phi) is 18.1. The van der Waals surface area contributed by atoms with Gasteiger partial charge in [-0.2, -0.15) is 0 Å². The summed E-state index contributed by atoms with van der Waals surface area (Å²) in [5, 5.41) is 37.1. The van der Waals surface area contributed by atoms with Gasteiger partial charge in [0.1, 0.15) is 17.5 Å². The first-order valence-corrected chi connectivity index (χ1v) is 23.7. The van der Waals surface area contributed by atoms with Crippen molar-refractivity contribution in [2.45, 2.75) is 77.9 Å². The number of aromatic carboxylic acids is 1. The number of rotatable bonds is 14. The van der Waals surface area contributed by atoms with E-state index in [9.17, 15) is 29.4 Å². The number of hydrogen-bond acceptors (Lipinski definition) is 13. The summed E-state index contributed by atoms with van der Waals surface area (Å²) in [4.78, 5) is 60.8. The molecule has 67 heavy (non-hydrogen) atoms. The second-order valence-electron chi connectivity index (χ2n) is 15.8. The first kappa shape index (κ1) is 49.9. The lowest BCUT2D eigenvalue weighted by atomic mass is 10.1. The minimum atomic E-state index is -0.934. The molecule has 0 unspecified atom stereocenters. The number of aliphatic hydroxyl groups excluding tert-OH is 2. The van der Waals surface area contributed by atoms with Gasteiger partial charge in [-0.1, -0.05) is 60.7 Å². The van der Waals surface area contributed by atoms with Gasteiger partial charge in [0.05, 0.1) is 69.2 Å². The van der Waals surface area contributed by atoms with Gasteiger partial charge in [-0.25, -0.2) is 14.8 Å². The molecular weight excluding hydrogens is 893 g/mol. The van der Waals surface area contributed by atoms with Gasteiger partial charge in [0.15, 0.2) is 0 Å². The number of β-amino-alcohol motifs (C(OH)–C–C–N with tert-alkyl or cyclic N) is 2. The molecule has 0 spiro atoms. The maximum atomic E-state index is 13.1. The number of benzene rings is 4. The van der Waals surface area contributed by atoms with Crippen LogP contribution >= 0.6 is 22.7 Å². The van der Waals surface area contributed by atoms with E-state index in [0.717, 1.165) is 38.5 Å². The monoisotopic (exact) mass is 948 g/mol. The molecular formula is C50H56N6O9S2. The van der Waals surface area contributed by atoms with E-state index in [4.69, 9.17) is 14.6 Å². The molecule has 2 aliphatic rings. The number of aromatic nitrogens is 2. The Hall–Kier alpha value is -6.50. The second kappa shape index (κ2) is 24.3. The van der Waals surface area contributed by atoms with E-state index in [1.165, 1.54) is 21.9 Å². The number of likely N-dealkylation sites (tertiary alicyclic amines) is 1. The number of nitrogens with zero attached hydrogens (tertiary/aromatic N) is 3. The minimum absolute atomic E-state index is 0.0565. The van der Waals surface area contributed by atoms with Crippen molar-refractivity contribution in [3.05, 3.63) is 142 Å². The first-order valence-electron chi connectivity index (χ1n) is 22.0. The van der Waals surface area contributed by atoms with Crippen LogP contribution in [0.25, 0.3) is 20.9 Å². The lowest BCUT2D eigenvalue weighted by Crippen LogP contribution is -2.45. The number of nitrogens with one attached hydrogen (secondary N) is 3. The van der Waals surface area contributed by atoms with E-state index in [-0.39, 0.29) is 42.3 Å². The summed E-state index contributed by atoms with van der Waals surface area (Å²) in [7, 11) is 0. The molecule has 3 amide bonds. The molecule has 4 heterocycles. The number of thiazole rings is 2. The Morgan fingerprint density at radius 3 is 1.67 bits per heavy atom. The predicted octanol–water partition coefficient (Wildman–Crippen LogP) is 6.65. The van der Waals surface area contributed by atoms with Gasteiger partial charge < -0.3 is 45.6 Å². The number of carboxylic acids is 1. The van der Waals surface area contributed by atoms with Crippen molar-refractivity contribution in [2.75, 3.05) is 26.3 Å². The number of hydrogen-bond donors (Lipinski definition) is 6. The lowest BCUT2D eigenvalue weighted by Gasteiger charge is -2.24. The third-order valence-electron chi connectivity index (χ3n) is 10.9. The summed E-state index contributed by atoms with van der Waals surface area (Å²) < 4.78 is 10.6. The van der Waals surface area contributed by atoms with Gasteiger partial charge in [0.2, 0.25) is 11.8 Å². The molecule has 8 rings (SSSR count). The SMILES string of the molecule is CCOc1cccc(C(=O)N2C[C@H](O)C[C@H]2C(=O)NCc2ccc(-c3scnc3C)cc2)c1.CCOc1cccc(C(=O)O)c1.Cc1ncsc1-c1ccc(CNC(=O)[C@@H]2C[C@@H](O)CN2)cc1. The van der Waals surface area contributed by atoms with Gasteiger partial charge in [-0.3, -0.25) is 14.4 Å². The van der Waals surface area contributed by atoms with E-state index in [0.29, 0.717) is 56.3 Å². The van der Waals surface area contributed by atoms with Crippen LogP contribution < -0.4 is 25.4 Å². The summed E-state index contributed by atoms with van der Waals surface area (Å²) in [5.74, 6) is -0.366. The van der Waals surface area contributed by atoms with Crippen LogP contribution in [0.3, 0.4) is 0 Å². The predicted molar refractivity (Wildman–Crippen MR) is 258 cm³/mol. The molecule has 4 aromatic carbocycles. The molecule has 0 saturated carbocycles. The maximum Gasteiger partial charge on any atom is 0.335 e. The van der Waals surface area contributed by atoms with Gasteiger partial charge in [-0.05, 0) is 92.8 Å². The normalized spacial score (nSPS) is 17.3. The van der Waals surface area contributed by atoms with Crippen LogP contribution in [0.15, 0.2) is 108 Å². The Bertz CT molecular complexity index is 2580. The Morgan fingerprint density at radius 1 is 0.701 bits per heavy atom. The molecule has 4 atom stereocenters. The highest BCUT2D eigenvalue weighted by Crippen LogP contribution is 2.29. The highest BCUT2D eigenvalue weighted by Gasteiger charge is 2.39. The lowest BCUT2D eigenvalue weighted by molar-refractivity contribution is -0.125. The molecule has 2 aliphatic heterocycles. The van der Waals surface area contributed by atoms with Crippen molar-refractivity contribution in [1.82, 2.24) is 30.8 Å². The molecule has 6 N–H and O–H groups in total. The Labute approximate surface area is 397 Å². The van der Waals surface area contributed by atoms with Crippen LogP contribution in [0.4, 0.5) is 0 Å². The summed E-state index contributed by atoms with van der Waals surface area (Å²) in [5.41, 5.74) is 10.6. The van der Waals surface area contributed by atoms with Gasteiger partial charge in [0.25, 0.3) is 5.91 Å².